The molecule has 0 nitrogen and oxygen atoms in total. The standard InChI is InChI=1S/C13H16Cl2/c1-11(2)12(3,4)13(11,15)9-5-7-10(14)8-6-9/h5-8H,1-4H3. The predicted molar refractivity (Wildman–Crippen MR) is 66.5 cm³/mol. The van der Waals surface area contributed by atoms with Crippen molar-refractivity contribution in [1.29, 1.82) is 0 Å². The molecule has 15 heavy (non-hydrogen) atoms. The smallest absolute Gasteiger partial charge is 0.0808 e. The molecular weight excluding hydrogens is 227 g/mol. The Balaban J connectivity index is 2.46. The van der Waals surface area contributed by atoms with E-state index in [1.54, 1.807) is 0 Å². The van der Waals surface area contributed by atoms with Gasteiger partial charge in [-0.1, -0.05) is 51.4 Å². The maximum atomic E-state index is 6.76. The number of alkyl halides is 1. The summed E-state index contributed by atoms with van der Waals surface area (Å²) in [5.74, 6) is 0. The summed E-state index contributed by atoms with van der Waals surface area (Å²) in [6.45, 7) is 8.87. The van der Waals surface area contributed by atoms with Gasteiger partial charge < -0.3 is 0 Å². The maximum absolute atomic E-state index is 6.76. The topological polar surface area (TPSA) is 0 Å². The van der Waals surface area contributed by atoms with Crippen molar-refractivity contribution in [2.45, 2.75) is 32.6 Å². The van der Waals surface area contributed by atoms with E-state index in [2.05, 4.69) is 27.7 Å². The number of hydrogen-bond donors (Lipinski definition) is 0. The Hall–Kier alpha value is -0.200. The average Bonchev–Trinajstić information content (AvgIpc) is 2.46. The third-order valence-corrected chi connectivity index (χ3v) is 5.88. The molecule has 2 rings (SSSR count). The molecule has 1 aliphatic carbocycles. The molecular formula is C13H16Cl2. The minimum atomic E-state index is -0.259. The summed E-state index contributed by atoms with van der Waals surface area (Å²) in [7, 11) is 0. The normalized spacial score (nSPS) is 24.9. The highest BCUT2D eigenvalue weighted by molar-refractivity contribution is 6.31. The molecule has 0 saturated heterocycles. The first-order chi connectivity index (χ1) is 6.75. The molecule has 1 aromatic rings. The van der Waals surface area contributed by atoms with Crippen LogP contribution in [-0.2, 0) is 4.87 Å². The van der Waals surface area contributed by atoms with E-state index in [0.717, 1.165) is 5.02 Å². The van der Waals surface area contributed by atoms with Crippen LogP contribution >= 0.6 is 23.2 Å². The van der Waals surface area contributed by atoms with Crippen LogP contribution in [0.2, 0.25) is 5.02 Å². The summed E-state index contributed by atoms with van der Waals surface area (Å²) in [6.07, 6.45) is 0. The molecule has 0 aromatic heterocycles. The van der Waals surface area contributed by atoms with Crippen LogP contribution in [0.1, 0.15) is 33.3 Å². The van der Waals surface area contributed by atoms with E-state index in [9.17, 15) is 0 Å². The minimum Gasteiger partial charge on any atom is -0.113 e. The van der Waals surface area contributed by atoms with Gasteiger partial charge in [-0.2, -0.15) is 0 Å². The summed E-state index contributed by atoms with van der Waals surface area (Å²) in [5, 5.41) is 0.760. The molecule has 1 aliphatic rings. The van der Waals surface area contributed by atoms with Crippen LogP contribution in [0.4, 0.5) is 0 Å². The van der Waals surface area contributed by atoms with Gasteiger partial charge in [0.05, 0.1) is 4.87 Å². The molecule has 1 saturated carbocycles. The highest BCUT2D eigenvalue weighted by Gasteiger charge is 2.77. The van der Waals surface area contributed by atoms with Gasteiger partial charge in [0.15, 0.2) is 0 Å². The molecule has 2 heteroatoms. The van der Waals surface area contributed by atoms with Gasteiger partial charge in [-0.25, -0.2) is 0 Å². The van der Waals surface area contributed by atoms with Crippen LogP contribution in [0.25, 0.3) is 0 Å². The van der Waals surface area contributed by atoms with Gasteiger partial charge >= 0.3 is 0 Å². The quantitative estimate of drug-likeness (QED) is 0.619. The van der Waals surface area contributed by atoms with Crippen molar-refractivity contribution in [3.05, 3.63) is 34.9 Å². The summed E-state index contributed by atoms with van der Waals surface area (Å²) in [5.41, 5.74) is 1.41. The zero-order valence-electron chi connectivity index (χ0n) is 9.57. The zero-order chi connectivity index (χ0) is 11.5. The lowest BCUT2D eigenvalue weighted by atomic mass is 10.0. The van der Waals surface area contributed by atoms with E-state index < -0.39 is 0 Å². The van der Waals surface area contributed by atoms with Crippen molar-refractivity contribution in [2.24, 2.45) is 10.8 Å². The van der Waals surface area contributed by atoms with E-state index in [0.29, 0.717) is 0 Å². The van der Waals surface area contributed by atoms with Crippen molar-refractivity contribution in [1.82, 2.24) is 0 Å². The average molecular weight is 243 g/mol. The van der Waals surface area contributed by atoms with Crippen molar-refractivity contribution in [3.8, 4) is 0 Å². The predicted octanol–water partition coefficient (Wildman–Crippen LogP) is 4.84. The first-order valence-corrected chi connectivity index (χ1v) is 5.96. The fourth-order valence-electron chi connectivity index (χ4n) is 2.65. The lowest BCUT2D eigenvalue weighted by Gasteiger charge is -2.13. The Bertz CT molecular complexity index is 374. The fraction of sp³-hybridized carbons (Fsp3) is 0.538. The number of rotatable bonds is 1. The molecule has 1 aromatic carbocycles. The van der Waals surface area contributed by atoms with Gasteiger partial charge in [0, 0.05) is 5.02 Å². The largest absolute Gasteiger partial charge is 0.113 e. The molecule has 0 unspecified atom stereocenters. The van der Waals surface area contributed by atoms with Crippen molar-refractivity contribution >= 4 is 23.2 Å². The molecule has 1 fully saturated rings. The van der Waals surface area contributed by atoms with Gasteiger partial charge in [-0.05, 0) is 28.5 Å². The third-order valence-electron chi connectivity index (χ3n) is 4.46. The molecule has 0 spiro atoms. The van der Waals surface area contributed by atoms with Crippen molar-refractivity contribution < 1.29 is 0 Å². The number of halogens is 2. The van der Waals surface area contributed by atoms with E-state index in [1.165, 1.54) is 5.56 Å². The number of benzene rings is 1. The molecule has 0 bridgehead atoms. The second-order valence-corrected chi connectivity index (χ2v) is 6.42. The minimum absolute atomic E-state index is 0.120. The molecule has 0 heterocycles. The van der Waals surface area contributed by atoms with Crippen LogP contribution < -0.4 is 0 Å². The Morgan fingerprint density at radius 3 is 1.60 bits per heavy atom. The Morgan fingerprint density at radius 2 is 1.27 bits per heavy atom. The van der Waals surface area contributed by atoms with E-state index >= 15 is 0 Å². The van der Waals surface area contributed by atoms with Gasteiger partial charge in [-0.15, -0.1) is 11.6 Å². The van der Waals surface area contributed by atoms with E-state index in [4.69, 9.17) is 23.2 Å². The molecule has 0 atom stereocenters. The van der Waals surface area contributed by atoms with E-state index in [-0.39, 0.29) is 15.7 Å². The van der Waals surface area contributed by atoms with Crippen molar-refractivity contribution in [3.63, 3.8) is 0 Å². The van der Waals surface area contributed by atoms with Crippen LogP contribution in [0.5, 0.6) is 0 Å². The van der Waals surface area contributed by atoms with Gasteiger partial charge in [0.25, 0.3) is 0 Å². The molecule has 82 valence electrons. The fourth-order valence-corrected chi connectivity index (χ4v) is 3.32. The second kappa shape index (κ2) is 2.93. The first-order valence-electron chi connectivity index (χ1n) is 5.20. The third kappa shape index (κ3) is 1.15. The summed E-state index contributed by atoms with van der Waals surface area (Å²) < 4.78 is 0. The van der Waals surface area contributed by atoms with Crippen LogP contribution in [0.15, 0.2) is 24.3 Å². The molecule has 0 amide bonds. The van der Waals surface area contributed by atoms with E-state index in [1.807, 2.05) is 24.3 Å². The second-order valence-electron chi connectivity index (χ2n) is 5.42. The molecule has 0 N–H and O–H groups in total. The molecule has 0 radical (unpaired) electrons. The summed E-state index contributed by atoms with van der Waals surface area (Å²) in [4.78, 5) is -0.259. The van der Waals surface area contributed by atoms with Crippen LogP contribution in [-0.4, -0.2) is 0 Å². The monoisotopic (exact) mass is 242 g/mol. The number of hydrogen-bond acceptors (Lipinski definition) is 0. The summed E-state index contributed by atoms with van der Waals surface area (Å²) >= 11 is 12.6. The van der Waals surface area contributed by atoms with Crippen LogP contribution in [0.3, 0.4) is 0 Å². The SMILES string of the molecule is CC1(C)C(C)(C)C1(Cl)c1ccc(Cl)cc1. The maximum Gasteiger partial charge on any atom is 0.0808 e. The Kier molecular flexibility index (Phi) is 2.20. The Labute approximate surface area is 102 Å². The first kappa shape index (κ1) is 11.3. The zero-order valence-corrected chi connectivity index (χ0v) is 11.1. The van der Waals surface area contributed by atoms with Gasteiger partial charge in [-0.3, -0.25) is 0 Å². The van der Waals surface area contributed by atoms with Crippen LogP contribution in [0, 0.1) is 10.8 Å². The van der Waals surface area contributed by atoms with Crippen molar-refractivity contribution in [2.75, 3.05) is 0 Å². The lowest BCUT2D eigenvalue weighted by Crippen LogP contribution is -2.07. The van der Waals surface area contributed by atoms with Gasteiger partial charge in [0.2, 0.25) is 0 Å². The summed E-state index contributed by atoms with van der Waals surface area (Å²) in [6, 6.07) is 7.88. The Morgan fingerprint density at radius 1 is 0.867 bits per heavy atom. The van der Waals surface area contributed by atoms with Gasteiger partial charge in [0.1, 0.15) is 0 Å². The lowest BCUT2D eigenvalue weighted by molar-refractivity contribution is 0.457. The molecule has 0 aliphatic heterocycles. The highest BCUT2D eigenvalue weighted by Crippen LogP contribution is 2.80. The highest BCUT2D eigenvalue weighted by atomic mass is 35.5.